The van der Waals surface area contributed by atoms with Crippen molar-refractivity contribution in [3.05, 3.63) is 93.4 Å². The van der Waals surface area contributed by atoms with Crippen molar-refractivity contribution in [2.45, 2.75) is 31.3 Å². The van der Waals surface area contributed by atoms with Crippen LogP contribution in [0.25, 0.3) is 0 Å². The zero-order chi connectivity index (χ0) is 26.5. The second-order valence-corrected chi connectivity index (χ2v) is 11.4. The van der Waals surface area contributed by atoms with Gasteiger partial charge in [-0.2, -0.15) is 0 Å². The van der Waals surface area contributed by atoms with Gasteiger partial charge in [0.1, 0.15) is 12.6 Å². The predicted octanol–water partition coefficient (Wildman–Crippen LogP) is 4.77. The number of benzene rings is 3. The van der Waals surface area contributed by atoms with Crippen LogP contribution in [0.1, 0.15) is 18.1 Å². The first-order chi connectivity index (χ1) is 17.0. The molecule has 1 atom stereocenters. The third-order valence-corrected chi connectivity index (χ3v) is 8.31. The minimum atomic E-state index is -4.16. The van der Waals surface area contributed by atoms with Crippen LogP contribution in [0.2, 0.25) is 5.02 Å². The molecule has 3 rings (SSSR count). The van der Waals surface area contributed by atoms with Gasteiger partial charge < -0.3 is 10.2 Å². The topological polar surface area (TPSA) is 86.8 Å². The average molecular weight is 593 g/mol. The summed E-state index contributed by atoms with van der Waals surface area (Å²) < 4.78 is 29.3. The Bertz CT molecular complexity index is 1330. The molecule has 0 spiro atoms. The molecule has 0 aliphatic heterocycles. The fourth-order valence-corrected chi connectivity index (χ4v) is 5.57. The van der Waals surface area contributed by atoms with Gasteiger partial charge in [-0.15, -0.1) is 0 Å². The molecule has 0 unspecified atom stereocenters. The lowest BCUT2D eigenvalue weighted by atomic mass is 10.1. The highest BCUT2D eigenvalue weighted by atomic mass is 79.9. The van der Waals surface area contributed by atoms with Gasteiger partial charge in [0.25, 0.3) is 10.0 Å². The number of carbonyl (C=O) groups is 2. The van der Waals surface area contributed by atoms with Crippen molar-refractivity contribution < 1.29 is 18.0 Å². The van der Waals surface area contributed by atoms with Crippen molar-refractivity contribution in [3.8, 4) is 0 Å². The normalized spacial score (nSPS) is 12.0. The van der Waals surface area contributed by atoms with Crippen LogP contribution in [-0.4, -0.2) is 44.8 Å². The van der Waals surface area contributed by atoms with E-state index >= 15 is 0 Å². The third kappa shape index (κ3) is 6.46. The first kappa shape index (κ1) is 27.7. The van der Waals surface area contributed by atoms with Gasteiger partial charge in [0.05, 0.1) is 15.6 Å². The molecule has 10 heteroatoms. The molecule has 3 aromatic carbocycles. The van der Waals surface area contributed by atoms with Gasteiger partial charge in [-0.3, -0.25) is 13.9 Å². The number of nitrogens with zero attached hydrogens (tertiary/aromatic N) is 2. The van der Waals surface area contributed by atoms with Crippen molar-refractivity contribution in [1.82, 2.24) is 10.2 Å². The van der Waals surface area contributed by atoms with E-state index in [0.29, 0.717) is 0 Å². The molecule has 0 fully saturated rings. The average Bonchev–Trinajstić information content (AvgIpc) is 2.86. The van der Waals surface area contributed by atoms with Gasteiger partial charge in [-0.25, -0.2) is 8.42 Å². The second kappa shape index (κ2) is 11.9. The Balaban J connectivity index is 2.04. The van der Waals surface area contributed by atoms with E-state index in [-0.39, 0.29) is 28.1 Å². The fraction of sp³-hybridized carbons (Fsp3) is 0.231. The summed E-state index contributed by atoms with van der Waals surface area (Å²) in [7, 11) is -2.67. The molecule has 2 amide bonds. The number of sulfonamides is 1. The standard InChI is InChI=1S/C26H27BrClN3O4S/c1-18-8-14-22(15-9-18)36(34,35)31(24-7-5-4-6-23(24)28)17-25(32)30(19(2)26(33)29-3)16-20-10-12-21(27)13-11-20/h4-15,19H,16-17H2,1-3H3,(H,29,33)/t19-/m1/s1. The van der Waals surface area contributed by atoms with Crippen LogP contribution in [0.4, 0.5) is 5.69 Å². The molecule has 0 aliphatic rings. The summed E-state index contributed by atoms with van der Waals surface area (Å²) in [5.41, 5.74) is 1.85. The SMILES string of the molecule is CNC(=O)[C@@H](C)N(Cc1ccc(Br)cc1)C(=O)CN(c1ccccc1Cl)S(=O)(=O)c1ccc(C)cc1. The molecule has 0 aromatic heterocycles. The summed E-state index contributed by atoms with van der Waals surface area (Å²) in [6.07, 6.45) is 0. The lowest BCUT2D eigenvalue weighted by molar-refractivity contribution is -0.139. The van der Waals surface area contributed by atoms with E-state index in [1.165, 1.54) is 24.1 Å². The van der Waals surface area contributed by atoms with Gasteiger partial charge in [0.2, 0.25) is 11.8 Å². The summed E-state index contributed by atoms with van der Waals surface area (Å²) in [4.78, 5) is 27.6. The summed E-state index contributed by atoms with van der Waals surface area (Å²) >= 11 is 9.77. The number of para-hydroxylation sites is 1. The van der Waals surface area contributed by atoms with Crippen LogP contribution in [0.3, 0.4) is 0 Å². The molecule has 36 heavy (non-hydrogen) atoms. The number of nitrogens with one attached hydrogen (secondary N) is 1. The minimum absolute atomic E-state index is 0.0274. The molecule has 0 saturated carbocycles. The highest BCUT2D eigenvalue weighted by Crippen LogP contribution is 2.31. The summed E-state index contributed by atoms with van der Waals surface area (Å²) in [5.74, 6) is -0.921. The fourth-order valence-electron chi connectivity index (χ4n) is 3.58. The van der Waals surface area contributed by atoms with E-state index in [0.717, 1.165) is 19.9 Å². The van der Waals surface area contributed by atoms with E-state index in [2.05, 4.69) is 21.2 Å². The molecule has 7 nitrogen and oxygen atoms in total. The molecule has 0 radical (unpaired) electrons. The first-order valence-electron chi connectivity index (χ1n) is 11.1. The summed E-state index contributed by atoms with van der Waals surface area (Å²) in [6, 6.07) is 19.3. The maximum Gasteiger partial charge on any atom is 0.264 e. The van der Waals surface area contributed by atoms with Gasteiger partial charge in [-0.05, 0) is 55.8 Å². The maximum atomic E-state index is 13.7. The van der Waals surface area contributed by atoms with Crippen molar-refractivity contribution in [3.63, 3.8) is 0 Å². The quantitative estimate of drug-likeness (QED) is 0.388. The molecule has 0 heterocycles. The van der Waals surface area contributed by atoms with Crippen LogP contribution in [-0.2, 0) is 26.2 Å². The molecule has 190 valence electrons. The largest absolute Gasteiger partial charge is 0.357 e. The van der Waals surface area contributed by atoms with E-state index in [1.54, 1.807) is 43.3 Å². The number of likely N-dealkylation sites (N-methyl/N-ethyl adjacent to an activating group) is 1. The zero-order valence-corrected chi connectivity index (χ0v) is 23.3. The monoisotopic (exact) mass is 591 g/mol. The molecular weight excluding hydrogens is 566 g/mol. The Labute approximate surface area is 225 Å². The number of hydrogen-bond donors (Lipinski definition) is 1. The number of halogens is 2. The van der Waals surface area contributed by atoms with Crippen molar-refractivity contribution in [1.29, 1.82) is 0 Å². The van der Waals surface area contributed by atoms with Crippen molar-refractivity contribution in [2.24, 2.45) is 0 Å². The number of amides is 2. The zero-order valence-electron chi connectivity index (χ0n) is 20.1. The smallest absolute Gasteiger partial charge is 0.264 e. The number of hydrogen-bond acceptors (Lipinski definition) is 4. The lowest BCUT2D eigenvalue weighted by Gasteiger charge is -2.32. The first-order valence-corrected chi connectivity index (χ1v) is 13.7. The van der Waals surface area contributed by atoms with E-state index in [4.69, 9.17) is 11.6 Å². The van der Waals surface area contributed by atoms with Crippen LogP contribution in [0, 0.1) is 6.92 Å². The van der Waals surface area contributed by atoms with Crippen LogP contribution in [0.5, 0.6) is 0 Å². The number of rotatable bonds is 9. The molecule has 0 saturated heterocycles. The van der Waals surface area contributed by atoms with Crippen LogP contribution in [0.15, 0.2) is 82.2 Å². The molecule has 3 aromatic rings. The Morgan fingerprint density at radius 1 is 1.00 bits per heavy atom. The highest BCUT2D eigenvalue weighted by molar-refractivity contribution is 9.10. The number of carbonyl (C=O) groups excluding carboxylic acids is 2. The molecule has 0 aliphatic carbocycles. The van der Waals surface area contributed by atoms with Crippen molar-refractivity contribution >= 4 is 55.1 Å². The molecule has 0 bridgehead atoms. The third-order valence-electron chi connectivity index (χ3n) is 5.69. The summed E-state index contributed by atoms with van der Waals surface area (Å²) in [5, 5.41) is 2.74. The van der Waals surface area contributed by atoms with Gasteiger partial charge in [0.15, 0.2) is 0 Å². The van der Waals surface area contributed by atoms with Gasteiger partial charge in [0, 0.05) is 18.1 Å². The Kier molecular flexibility index (Phi) is 9.16. The van der Waals surface area contributed by atoms with Gasteiger partial charge in [-0.1, -0.05) is 69.5 Å². The van der Waals surface area contributed by atoms with Crippen LogP contribution < -0.4 is 9.62 Å². The summed E-state index contributed by atoms with van der Waals surface area (Å²) in [6.45, 7) is 3.02. The predicted molar refractivity (Wildman–Crippen MR) is 145 cm³/mol. The minimum Gasteiger partial charge on any atom is -0.357 e. The highest BCUT2D eigenvalue weighted by Gasteiger charge is 2.33. The second-order valence-electron chi connectivity index (χ2n) is 8.21. The van der Waals surface area contributed by atoms with Crippen molar-refractivity contribution in [2.75, 3.05) is 17.9 Å². The van der Waals surface area contributed by atoms with Gasteiger partial charge >= 0.3 is 0 Å². The Morgan fingerprint density at radius 2 is 1.61 bits per heavy atom. The molecular formula is C26H27BrClN3O4S. The van der Waals surface area contributed by atoms with Crippen LogP contribution >= 0.6 is 27.5 Å². The maximum absolute atomic E-state index is 13.7. The number of anilines is 1. The Hall–Kier alpha value is -2.88. The van der Waals surface area contributed by atoms with E-state index in [9.17, 15) is 18.0 Å². The number of aryl methyl sites for hydroxylation is 1. The molecule has 1 N–H and O–H groups in total. The Morgan fingerprint density at radius 3 is 2.19 bits per heavy atom. The van der Waals surface area contributed by atoms with E-state index in [1.807, 2.05) is 31.2 Å². The van der Waals surface area contributed by atoms with E-state index < -0.39 is 28.5 Å². The lowest BCUT2D eigenvalue weighted by Crippen LogP contribution is -2.50.